The lowest BCUT2D eigenvalue weighted by Crippen LogP contribution is -2.26. The number of nitrogens with one attached hydrogen (secondary N) is 2. The number of ether oxygens (including phenoxy) is 1. The molecule has 0 aliphatic heterocycles. The Kier molecular flexibility index (Phi) is 5.60. The third kappa shape index (κ3) is 4.04. The monoisotopic (exact) mass is 471 g/mol. The molecule has 4 N–H and O–H groups in total. The van der Waals surface area contributed by atoms with E-state index in [9.17, 15) is 9.59 Å². The first-order valence-electron chi connectivity index (χ1n) is 10.5. The number of benzene rings is 3. The van der Waals surface area contributed by atoms with E-state index in [1.165, 1.54) is 0 Å². The number of nitrogens with two attached hydrogens (primary N) is 1. The molecule has 2 heterocycles. The zero-order chi connectivity index (χ0) is 23.7. The maximum Gasteiger partial charge on any atom is 0.316 e. The average Bonchev–Trinajstić information content (AvgIpc) is 3.44. The molecule has 5 rings (SSSR count). The lowest BCUT2D eigenvalue weighted by Gasteiger charge is -2.06. The molecule has 0 atom stereocenters. The minimum Gasteiger partial charge on any atom is -0.497 e. The first-order chi connectivity index (χ1) is 16.5. The Labute approximate surface area is 198 Å². The number of carbonyl (C=O) groups is 2. The molecule has 0 saturated carbocycles. The summed E-state index contributed by atoms with van der Waals surface area (Å²) < 4.78 is 8.95. The van der Waals surface area contributed by atoms with Crippen LogP contribution in [0.1, 0.15) is 16.1 Å². The van der Waals surface area contributed by atoms with Crippen LogP contribution >= 0.6 is 11.3 Å². The summed E-state index contributed by atoms with van der Waals surface area (Å²) in [7, 11) is 1.60. The fraction of sp³-hybridized carbons (Fsp3) is 0.0800. The van der Waals surface area contributed by atoms with Gasteiger partial charge in [-0.3, -0.25) is 4.79 Å². The Balaban J connectivity index is 1.49. The van der Waals surface area contributed by atoms with Crippen LogP contribution in [-0.4, -0.2) is 28.8 Å². The van der Waals surface area contributed by atoms with Crippen molar-refractivity contribution in [2.24, 2.45) is 5.73 Å². The average molecular weight is 472 g/mol. The van der Waals surface area contributed by atoms with Crippen molar-refractivity contribution in [2.45, 2.75) is 6.54 Å². The van der Waals surface area contributed by atoms with Crippen molar-refractivity contribution < 1.29 is 14.3 Å². The molecule has 2 aromatic heterocycles. The third-order valence-electron chi connectivity index (χ3n) is 5.43. The topological polar surface area (TPSA) is 111 Å². The summed E-state index contributed by atoms with van der Waals surface area (Å²) in [5, 5.41) is 12.1. The molecule has 0 unspecified atom stereocenters. The summed E-state index contributed by atoms with van der Waals surface area (Å²) >= 11 is 1.65. The van der Waals surface area contributed by atoms with Crippen LogP contribution in [0.25, 0.3) is 25.9 Å². The molecule has 0 bridgehead atoms. The Morgan fingerprint density at radius 2 is 1.79 bits per heavy atom. The second kappa shape index (κ2) is 8.87. The van der Waals surface area contributed by atoms with E-state index < -0.39 is 11.9 Å². The molecule has 170 valence electrons. The number of hydrogen-bond acceptors (Lipinski definition) is 5. The van der Waals surface area contributed by atoms with Crippen LogP contribution in [0.2, 0.25) is 0 Å². The number of rotatable bonds is 6. The second-order valence-electron chi connectivity index (χ2n) is 7.61. The van der Waals surface area contributed by atoms with Gasteiger partial charge in [-0.25, -0.2) is 9.48 Å². The van der Waals surface area contributed by atoms with Gasteiger partial charge in [0.2, 0.25) is 0 Å². The van der Waals surface area contributed by atoms with E-state index in [1.807, 2.05) is 48.5 Å². The molecular formula is C25H21N5O3S. The lowest BCUT2D eigenvalue weighted by atomic mass is 10.1. The first kappa shape index (κ1) is 21.5. The van der Waals surface area contributed by atoms with Gasteiger partial charge in [0, 0.05) is 22.0 Å². The van der Waals surface area contributed by atoms with Gasteiger partial charge >= 0.3 is 6.03 Å². The standard InChI is InChI=1S/C25H21N5O3S/c1-33-16-11-9-15(10-12-16)13-27-24(31)22-19(28-25(26)32)14-30(29-22)20-7-4-6-18-17-5-2-3-8-21(17)34-23(18)20/h2-12,14H,13H2,1H3,(H,27,31)(H3,26,28,32). The lowest BCUT2D eigenvalue weighted by molar-refractivity contribution is 0.0946. The number of fused-ring (bicyclic) bond motifs is 3. The molecule has 5 aromatic rings. The van der Waals surface area contributed by atoms with Crippen molar-refractivity contribution in [3.8, 4) is 11.4 Å². The highest BCUT2D eigenvalue weighted by molar-refractivity contribution is 7.26. The minimum atomic E-state index is -0.774. The molecule has 3 amide bonds. The van der Waals surface area contributed by atoms with Gasteiger partial charge in [-0.05, 0) is 29.8 Å². The highest BCUT2D eigenvalue weighted by Gasteiger charge is 2.20. The number of urea groups is 1. The number of amides is 3. The van der Waals surface area contributed by atoms with Gasteiger partial charge in [0.1, 0.15) is 5.75 Å². The largest absolute Gasteiger partial charge is 0.497 e. The highest BCUT2D eigenvalue weighted by Crippen LogP contribution is 2.37. The number of carbonyl (C=O) groups excluding carboxylic acids is 2. The van der Waals surface area contributed by atoms with E-state index in [2.05, 4.69) is 33.9 Å². The Bertz CT molecular complexity index is 1520. The molecule has 9 heteroatoms. The van der Waals surface area contributed by atoms with E-state index in [0.29, 0.717) is 0 Å². The molecule has 0 aliphatic carbocycles. The van der Waals surface area contributed by atoms with Gasteiger partial charge < -0.3 is 21.1 Å². The Hall–Kier alpha value is -4.37. The van der Waals surface area contributed by atoms with Crippen molar-refractivity contribution in [3.63, 3.8) is 0 Å². The van der Waals surface area contributed by atoms with Crippen molar-refractivity contribution in [3.05, 3.63) is 84.2 Å². The molecule has 0 saturated heterocycles. The quantitative estimate of drug-likeness (QED) is 0.334. The van der Waals surface area contributed by atoms with Crippen LogP contribution in [0.5, 0.6) is 5.75 Å². The van der Waals surface area contributed by atoms with Crippen LogP contribution in [0, 0.1) is 0 Å². The normalized spacial score (nSPS) is 11.0. The number of hydrogen-bond donors (Lipinski definition) is 3. The van der Waals surface area contributed by atoms with E-state index in [1.54, 1.807) is 29.3 Å². The fourth-order valence-electron chi connectivity index (χ4n) is 3.81. The smallest absolute Gasteiger partial charge is 0.316 e. The summed E-state index contributed by atoms with van der Waals surface area (Å²) in [6, 6.07) is 20.7. The van der Waals surface area contributed by atoms with Gasteiger partial charge in [0.05, 0.1) is 29.4 Å². The summed E-state index contributed by atoms with van der Waals surface area (Å²) in [6.45, 7) is 0.289. The van der Waals surface area contributed by atoms with Gasteiger partial charge in [0.25, 0.3) is 5.91 Å². The summed E-state index contributed by atoms with van der Waals surface area (Å²) in [5.41, 5.74) is 7.36. The molecule has 3 aromatic carbocycles. The van der Waals surface area contributed by atoms with Crippen molar-refractivity contribution >= 4 is 49.1 Å². The number of anilines is 1. The molecular weight excluding hydrogens is 450 g/mol. The predicted molar refractivity (Wildman–Crippen MR) is 134 cm³/mol. The van der Waals surface area contributed by atoms with Crippen LogP contribution in [0.3, 0.4) is 0 Å². The second-order valence-corrected chi connectivity index (χ2v) is 8.66. The SMILES string of the molecule is COc1ccc(CNC(=O)c2nn(-c3cccc4c3sc3ccccc34)cc2NC(N)=O)cc1. The summed E-state index contributed by atoms with van der Waals surface area (Å²) in [4.78, 5) is 24.6. The number of nitrogens with zero attached hydrogens (tertiary/aromatic N) is 2. The zero-order valence-electron chi connectivity index (χ0n) is 18.2. The van der Waals surface area contributed by atoms with Crippen molar-refractivity contribution in [2.75, 3.05) is 12.4 Å². The number of methoxy groups -OCH3 is 1. The van der Waals surface area contributed by atoms with Gasteiger partial charge in [0.15, 0.2) is 5.69 Å². The van der Waals surface area contributed by atoms with Gasteiger partial charge in [-0.2, -0.15) is 5.10 Å². The van der Waals surface area contributed by atoms with E-state index in [0.717, 1.165) is 37.2 Å². The number of thiophene rings is 1. The van der Waals surface area contributed by atoms with Crippen LogP contribution in [-0.2, 0) is 6.54 Å². The van der Waals surface area contributed by atoms with Gasteiger partial charge in [-0.1, -0.05) is 42.5 Å². The summed E-state index contributed by atoms with van der Waals surface area (Å²) in [5.74, 6) is 0.305. The van der Waals surface area contributed by atoms with E-state index in [-0.39, 0.29) is 17.9 Å². The molecule has 0 aliphatic rings. The predicted octanol–water partition coefficient (Wildman–Crippen LogP) is 4.67. The van der Waals surface area contributed by atoms with E-state index >= 15 is 0 Å². The Morgan fingerprint density at radius 1 is 1.03 bits per heavy atom. The summed E-state index contributed by atoms with van der Waals surface area (Å²) in [6.07, 6.45) is 1.60. The van der Waals surface area contributed by atoms with Gasteiger partial charge in [-0.15, -0.1) is 11.3 Å². The van der Waals surface area contributed by atoms with Crippen molar-refractivity contribution in [1.82, 2.24) is 15.1 Å². The minimum absolute atomic E-state index is 0.0745. The molecule has 0 spiro atoms. The maximum absolute atomic E-state index is 13.0. The number of primary amides is 1. The molecule has 8 nitrogen and oxygen atoms in total. The molecule has 0 radical (unpaired) electrons. The zero-order valence-corrected chi connectivity index (χ0v) is 19.1. The van der Waals surface area contributed by atoms with Crippen LogP contribution < -0.4 is 21.1 Å². The van der Waals surface area contributed by atoms with Crippen molar-refractivity contribution in [1.29, 1.82) is 0 Å². The highest BCUT2D eigenvalue weighted by atomic mass is 32.1. The number of aromatic nitrogens is 2. The first-order valence-corrected chi connectivity index (χ1v) is 11.3. The van der Waals surface area contributed by atoms with Crippen LogP contribution in [0.15, 0.2) is 72.9 Å². The van der Waals surface area contributed by atoms with Crippen LogP contribution in [0.4, 0.5) is 10.5 Å². The Morgan fingerprint density at radius 3 is 2.56 bits per heavy atom. The molecule has 34 heavy (non-hydrogen) atoms. The molecule has 0 fully saturated rings. The maximum atomic E-state index is 13.0. The fourth-order valence-corrected chi connectivity index (χ4v) is 5.02. The van der Waals surface area contributed by atoms with E-state index in [4.69, 9.17) is 10.5 Å². The third-order valence-corrected chi connectivity index (χ3v) is 6.64.